The number of aromatic nitrogens is 1. The topological polar surface area (TPSA) is 51.4 Å². The average molecular weight is 285 g/mol. The molecule has 0 saturated carbocycles. The minimum atomic E-state index is 0.265. The van der Waals surface area contributed by atoms with Gasteiger partial charge in [0, 0.05) is 32.1 Å². The standard InChI is InChI=1S/C17H23N3O/c1-12-7-8-20(11-16(12)21-2)17-15-6-4-3-5-13(15)9-14(10-18)19-17/h3-6,9,12,16H,7-8,10-11,18H2,1-2H3. The van der Waals surface area contributed by atoms with Crippen molar-refractivity contribution in [1.82, 2.24) is 4.98 Å². The Hall–Kier alpha value is -1.65. The molecule has 2 unspecified atom stereocenters. The third-order valence-electron chi connectivity index (χ3n) is 4.47. The van der Waals surface area contributed by atoms with Crippen LogP contribution >= 0.6 is 0 Å². The van der Waals surface area contributed by atoms with Gasteiger partial charge in [0.1, 0.15) is 5.82 Å². The largest absolute Gasteiger partial charge is 0.379 e. The molecular weight excluding hydrogens is 262 g/mol. The molecule has 0 bridgehead atoms. The Bertz CT molecular complexity index is 628. The van der Waals surface area contributed by atoms with Crippen LogP contribution in [0.15, 0.2) is 30.3 Å². The Balaban J connectivity index is 2.02. The molecule has 2 heterocycles. The number of ether oxygens (including phenoxy) is 1. The molecule has 0 radical (unpaired) electrons. The number of hydrogen-bond donors (Lipinski definition) is 1. The van der Waals surface area contributed by atoms with E-state index in [0.29, 0.717) is 12.5 Å². The van der Waals surface area contributed by atoms with Crippen LogP contribution in [0.1, 0.15) is 19.0 Å². The van der Waals surface area contributed by atoms with Crippen molar-refractivity contribution in [3.63, 3.8) is 0 Å². The van der Waals surface area contributed by atoms with E-state index in [-0.39, 0.29) is 6.10 Å². The van der Waals surface area contributed by atoms with E-state index in [1.807, 2.05) is 0 Å². The zero-order chi connectivity index (χ0) is 14.8. The molecule has 3 rings (SSSR count). The van der Waals surface area contributed by atoms with Gasteiger partial charge in [-0.05, 0) is 23.8 Å². The summed E-state index contributed by atoms with van der Waals surface area (Å²) < 4.78 is 5.63. The molecule has 1 aromatic carbocycles. The molecular formula is C17H23N3O. The van der Waals surface area contributed by atoms with E-state index in [2.05, 4.69) is 42.2 Å². The van der Waals surface area contributed by atoms with Crippen LogP contribution in [0.5, 0.6) is 0 Å². The number of benzene rings is 1. The van der Waals surface area contributed by atoms with Crippen LogP contribution in [0, 0.1) is 5.92 Å². The fraction of sp³-hybridized carbons (Fsp3) is 0.471. The lowest BCUT2D eigenvalue weighted by atomic mass is 9.95. The minimum absolute atomic E-state index is 0.265. The molecule has 112 valence electrons. The highest BCUT2D eigenvalue weighted by atomic mass is 16.5. The maximum absolute atomic E-state index is 5.81. The second-order valence-electron chi connectivity index (χ2n) is 5.85. The van der Waals surface area contributed by atoms with Gasteiger partial charge in [-0.3, -0.25) is 0 Å². The first-order valence-electron chi connectivity index (χ1n) is 7.59. The van der Waals surface area contributed by atoms with Crippen LogP contribution in [-0.2, 0) is 11.3 Å². The Morgan fingerprint density at radius 1 is 1.38 bits per heavy atom. The van der Waals surface area contributed by atoms with Gasteiger partial charge in [-0.1, -0.05) is 31.2 Å². The molecule has 0 amide bonds. The summed E-state index contributed by atoms with van der Waals surface area (Å²) >= 11 is 0. The van der Waals surface area contributed by atoms with E-state index in [1.165, 1.54) is 10.8 Å². The van der Waals surface area contributed by atoms with E-state index in [9.17, 15) is 0 Å². The van der Waals surface area contributed by atoms with Crippen molar-refractivity contribution in [2.75, 3.05) is 25.1 Å². The number of fused-ring (bicyclic) bond motifs is 1. The fourth-order valence-corrected chi connectivity index (χ4v) is 3.11. The van der Waals surface area contributed by atoms with Gasteiger partial charge in [-0.15, -0.1) is 0 Å². The number of methoxy groups -OCH3 is 1. The number of hydrogen-bond acceptors (Lipinski definition) is 4. The third kappa shape index (κ3) is 2.74. The zero-order valence-electron chi connectivity index (χ0n) is 12.7. The van der Waals surface area contributed by atoms with Gasteiger partial charge in [0.15, 0.2) is 0 Å². The summed E-state index contributed by atoms with van der Waals surface area (Å²) in [6.07, 6.45) is 1.39. The summed E-state index contributed by atoms with van der Waals surface area (Å²) in [7, 11) is 1.80. The van der Waals surface area contributed by atoms with E-state index in [0.717, 1.165) is 31.0 Å². The molecule has 2 atom stereocenters. The summed E-state index contributed by atoms with van der Waals surface area (Å²) in [6.45, 7) is 4.64. The summed E-state index contributed by atoms with van der Waals surface area (Å²) in [5.74, 6) is 1.64. The van der Waals surface area contributed by atoms with Crippen molar-refractivity contribution in [2.24, 2.45) is 11.7 Å². The monoisotopic (exact) mass is 285 g/mol. The quantitative estimate of drug-likeness (QED) is 0.941. The molecule has 21 heavy (non-hydrogen) atoms. The van der Waals surface area contributed by atoms with Gasteiger partial charge in [0.2, 0.25) is 0 Å². The predicted octanol–water partition coefficient (Wildman–Crippen LogP) is 2.55. The Labute approximate surface area is 125 Å². The number of nitrogens with zero attached hydrogens (tertiary/aromatic N) is 2. The predicted molar refractivity (Wildman–Crippen MR) is 86.4 cm³/mol. The van der Waals surface area contributed by atoms with Crippen LogP contribution < -0.4 is 10.6 Å². The zero-order valence-corrected chi connectivity index (χ0v) is 12.7. The highest BCUT2D eigenvalue weighted by Crippen LogP contribution is 2.30. The van der Waals surface area contributed by atoms with Crippen molar-refractivity contribution in [2.45, 2.75) is 26.0 Å². The van der Waals surface area contributed by atoms with Gasteiger partial charge in [-0.2, -0.15) is 0 Å². The molecule has 1 aromatic heterocycles. The highest BCUT2D eigenvalue weighted by molar-refractivity contribution is 5.92. The van der Waals surface area contributed by atoms with Crippen LogP contribution in [0.25, 0.3) is 10.8 Å². The number of pyridine rings is 1. The smallest absolute Gasteiger partial charge is 0.136 e. The first kappa shape index (κ1) is 14.3. The molecule has 1 aliphatic rings. The summed E-state index contributed by atoms with van der Waals surface area (Å²) in [5.41, 5.74) is 6.75. The van der Waals surface area contributed by atoms with Gasteiger partial charge < -0.3 is 15.4 Å². The maximum atomic E-state index is 5.81. The van der Waals surface area contributed by atoms with E-state index in [1.54, 1.807) is 7.11 Å². The van der Waals surface area contributed by atoms with Gasteiger partial charge in [-0.25, -0.2) is 4.98 Å². The van der Waals surface area contributed by atoms with Gasteiger partial charge >= 0.3 is 0 Å². The summed E-state index contributed by atoms with van der Waals surface area (Å²) in [4.78, 5) is 7.13. The summed E-state index contributed by atoms with van der Waals surface area (Å²) in [6, 6.07) is 10.5. The Morgan fingerprint density at radius 3 is 2.95 bits per heavy atom. The van der Waals surface area contributed by atoms with Gasteiger partial charge in [0.05, 0.1) is 11.8 Å². The number of anilines is 1. The fourth-order valence-electron chi connectivity index (χ4n) is 3.11. The summed E-state index contributed by atoms with van der Waals surface area (Å²) in [5, 5.41) is 2.40. The number of nitrogens with two attached hydrogens (primary N) is 1. The molecule has 2 N–H and O–H groups in total. The van der Waals surface area contributed by atoms with Crippen molar-refractivity contribution in [1.29, 1.82) is 0 Å². The Morgan fingerprint density at radius 2 is 2.19 bits per heavy atom. The molecule has 1 fully saturated rings. The normalized spacial score (nSPS) is 22.7. The number of rotatable bonds is 3. The van der Waals surface area contributed by atoms with Crippen LogP contribution in [0.2, 0.25) is 0 Å². The second kappa shape index (κ2) is 6.00. The van der Waals surface area contributed by atoms with Gasteiger partial charge in [0.25, 0.3) is 0 Å². The SMILES string of the molecule is COC1CN(c2nc(CN)cc3ccccc23)CCC1C. The molecule has 0 aliphatic carbocycles. The third-order valence-corrected chi connectivity index (χ3v) is 4.47. The highest BCUT2D eigenvalue weighted by Gasteiger charge is 2.27. The molecule has 0 spiro atoms. The molecule has 1 saturated heterocycles. The second-order valence-corrected chi connectivity index (χ2v) is 5.85. The van der Waals surface area contributed by atoms with E-state index < -0.39 is 0 Å². The van der Waals surface area contributed by atoms with Crippen molar-refractivity contribution in [3.8, 4) is 0 Å². The van der Waals surface area contributed by atoms with Crippen LogP contribution in [0.4, 0.5) is 5.82 Å². The van der Waals surface area contributed by atoms with Crippen molar-refractivity contribution < 1.29 is 4.74 Å². The maximum Gasteiger partial charge on any atom is 0.136 e. The molecule has 1 aliphatic heterocycles. The average Bonchev–Trinajstić information content (AvgIpc) is 2.54. The number of piperidine rings is 1. The lowest BCUT2D eigenvalue weighted by molar-refractivity contribution is 0.0497. The molecule has 4 heteroatoms. The molecule has 4 nitrogen and oxygen atoms in total. The first-order chi connectivity index (χ1) is 10.2. The van der Waals surface area contributed by atoms with Crippen LogP contribution in [0.3, 0.4) is 0 Å². The lowest BCUT2D eigenvalue weighted by Gasteiger charge is -2.37. The van der Waals surface area contributed by atoms with E-state index >= 15 is 0 Å². The minimum Gasteiger partial charge on any atom is -0.379 e. The van der Waals surface area contributed by atoms with Crippen molar-refractivity contribution >= 4 is 16.6 Å². The Kier molecular flexibility index (Phi) is 4.08. The van der Waals surface area contributed by atoms with E-state index in [4.69, 9.17) is 15.5 Å². The lowest BCUT2D eigenvalue weighted by Crippen LogP contribution is -2.44. The first-order valence-corrected chi connectivity index (χ1v) is 7.59. The van der Waals surface area contributed by atoms with Crippen molar-refractivity contribution in [3.05, 3.63) is 36.0 Å². The molecule has 2 aromatic rings. The van der Waals surface area contributed by atoms with Crippen LogP contribution in [-0.4, -0.2) is 31.3 Å².